The van der Waals surface area contributed by atoms with Gasteiger partial charge in [-0.3, -0.25) is 0 Å². The predicted molar refractivity (Wildman–Crippen MR) is 21.0 cm³/mol. The van der Waals surface area contributed by atoms with Crippen molar-refractivity contribution < 1.29 is 64.7 Å². The van der Waals surface area contributed by atoms with Gasteiger partial charge in [-0.2, -0.15) is 15.6 Å². The van der Waals surface area contributed by atoms with Gasteiger partial charge in [0, 0.05) is 0 Å². The third-order valence-corrected chi connectivity index (χ3v) is 0. The van der Waals surface area contributed by atoms with Crippen LogP contribution >= 0.6 is 15.6 Å². The van der Waals surface area contributed by atoms with Crippen molar-refractivity contribution in [3.8, 4) is 0 Å². The Kier molecular flexibility index (Phi) is 18.0. The number of hydrogen-bond donors (Lipinski definition) is 0. The fourth-order valence-corrected chi connectivity index (χ4v) is 0. The maximum Gasteiger partial charge on any atom is 4.00 e. The molecule has 0 spiro atoms. The van der Waals surface area contributed by atoms with Gasteiger partial charge in [0.2, 0.25) is 0 Å². The van der Waals surface area contributed by atoms with Crippen molar-refractivity contribution in [2.24, 2.45) is 0 Å². The summed E-state index contributed by atoms with van der Waals surface area (Å²) < 4.78 is 17.1. The van der Waals surface area contributed by atoms with Crippen LogP contribution in [0.4, 0.5) is 0 Å². The molecule has 0 aliphatic carbocycles. The zero-order valence-electron chi connectivity index (χ0n) is 5.24. The van der Waals surface area contributed by atoms with Crippen LogP contribution in [0.5, 0.6) is 0 Å². The van der Waals surface area contributed by atoms with E-state index in [9.17, 15) is 0 Å². The van der Waals surface area contributed by atoms with E-state index in [2.05, 4.69) is 0 Å². The van der Waals surface area contributed by atoms with E-state index >= 15 is 0 Å². The first kappa shape index (κ1) is 23.4. The van der Waals surface area contributed by atoms with Crippen LogP contribution in [0.2, 0.25) is 0 Å². The molecule has 0 bridgehead atoms. The van der Waals surface area contributed by atoms with Crippen molar-refractivity contribution >= 4 is 33.0 Å². The Hall–Kier alpha value is 1.64. The normalized spacial score (nSPS) is 9.83. The van der Waals surface area contributed by atoms with Crippen molar-refractivity contribution in [3.05, 3.63) is 0 Å². The Bertz CT molecular complexity index is 129. The van der Waals surface area contributed by atoms with Crippen LogP contribution in [0.15, 0.2) is 0 Å². The molecule has 0 saturated heterocycles. The second-order valence-corrected chi connectivity index (χ2v) is 2.68. The molecule has 0 radical (unpaired) electrons. The molecule has 0 aromatic carbocycles. The van der Waals surface area contributed by atoms with Gasteiger partial charge in [-0.15, -0.1) is 0 Å². The molecule has 64 valence electrons. The van der Waals surface area contributed by atoms with E-state index in [1.54, 1.807) is 0 Å². The number of rotatable bonds is 0. The molecule has 0 aliphatic heterocycles. The second kappa shape index (κ2) is 9.20. The zero-order chi connectivity index (χ0) is 9.00. The molecule has 0 fully saturated rings. The summed E-state index contributed by atoms with van der Waals surface area (Å²) >= 11 is 0. The minimum Gasteiger partial charge on any atom is -0.822 e. The zero-order valence-corrected chi connectivity index (χ0v) is 10.6. The predicted octanol–water partition coefficient (Wildman–Crippen LogP) is -6.03. The summed E-state index contributed by atoms with van der Waals surface area (Å²) in [6.45, 7) is 0. The fraction of sp³-hybridized carbons (Fsp3) is 0. The Morgan fingerprint density at radius 2 is 0.667 bits per heavy atom. The SMILES string of the molecule is O=P([O-])([O-])[O-].O=P([O-])([O-])[O-].[Al+3].[Zr+4]. The summed E-state index contributed by atoms with van der Waals surface area (Å²) in [7, 11) is -10.8. The molecular formula is AlO8P2Zr+. The van der Waals surface area contributed by atoms with Crippen LogP contribution in [-0.4, -0.2) is 17.4 Å². The second-order valence-electron chi connectivity index (χ2n) is 0.894. The third kappa shape index (κ3) is 492. The summed E-state index contributed by atoms with van der Waals surface area (Å²) in [4.78, 5) is 51.3. The molecule has 8 nitrogen and oxygen atoms in total. The smallest absolute Gasteiger partial charge is 0.822 e. The molecule has 12 heavy (non-hydrogen) atoms. The largest absolute Gasteiger partial charge is 4.00 e. The molecule has 0 aromatic heterocycles. The van der Waals surface area contributed by atoms with E-state index in [-0.39, 0.29) is 43.6 Å². The van der Waals surface area contributed by atoms with E-state index in [0.29, 0.717) is 0 Å². The van der Waals surface area contributed by atoms with Gasteiger partial charge in [-0.05, 0) is 0 Å². The average molecular weight is 308 g/mol. The van der Waals surface area contributed by atoms with E-state index in [4.69, 9.17) is 38.5 Å². The quantitative estimate of drug-likeness (QED) is 0.314. The van der Waals surface area contributed by atoms with Crippen molar-refractivity contribution in [2.75, 3.05) is 0 Å². The van der Waals surface area contributed by atoms with Crippen molar-refractivity contribution in [3.63, 3.8) is 0 Å². The van der Waals surface area contributed by atoms with E-state index in [1.807, 2.05) is 0 Å². The van der Waals surface area contributed by atoms with Gasteiger partial charge in [-0.1, -0.05) is 0 Å². The topological polar surface area (TPSA) is 172 Å². The first-order valence-electron chi connectivity index (χ1n) is 1.46. The number of hydrogen-bond acceptors (Lipinski definition) is 8. The molecule has 0 heterocycles. The monoisotopic (exact) mass is 307 g/mol. The Morgan fingerprint density at radius 3 is 0.667 bits per heavy atom. The molecule has 0 unspecified atom stereocenters. The maximum atomic E-state index is 8.55. The Labute approximate surface area is 97.4 Å². The Balaban J connectivity index is -0.0000000457. The summed E-state index contributed by atoms with van der Waals surface area (Å²) in [5.41, 5.74) is 0. The van der Waals surface area contributed by atoms with Crippen LogP contribution in [-0.2, 0) is 35.3 Å². The molecule has 0 amide bonds. The minimum atomic E-state index is -5.39. The fourth-order valence-electron chi connectivity index (χ4n) is 0. The van der Waals surface area contributed by atoms with Crippen LogP contribution in [0.25, 0.3) is 0 Å². The molecular weight excluding hydrogens is 308 g/mol. The van der Waals surface area contributed by atoms with Gasteiger partial charge >= 0.3 is 43.6 Å². The van der Waals surface area contributed by atoms with Crippen molar-refractivity contribution in [1.82, 2.24) is 0 Å². The van der Waals surface area contributed by atoms with Crippen LogP contribution in [0.3, 0.4) is 0 Å². The molecule has 0 N–H and O–H groups in total. The summed E-state index contributed by atoms with van der Waals surface area (Å²) in [6.07, 6.45) is 0. The van der Waals surface area contributed by atoms with Crippen LogP contribution in [0.1, 0.15) is 0 Å². The van der Waals surface area contributed by atoms with E-state index < -0.39 is 15.6 Å². The van der Waals surface area contributed by atoms with Gasteiger partial charge in [0.05, 0.1) is 0 Å². The van der Waals surface area contributed by atoms with Crippen LogP contribution < -0.4 is 29.4 Å². The van der Waals surface area contributed by atoms with Crippen LogP contribution in [0, 0.1) is 0 Å². The molecule has 0 rings (SSSR count). The minimum absolute atomic E-state index is 0. The summed E-state index contributed by atoms with van der Waals surface area (Å²) in [5, 5.41) is 0. The molecule has 0 atom stereocenters. The van der Waals surface area contributed by atoms with E-state index in [0.717, 1.165) is 0 Å². The van der Waals surface area contributed by atoms with Gasteiger partial charge in [0.1, 0.15) is 0 Å². The number of phosphoric acid groups is 2. The summed E-state index contributed by atoms with van der Waals surface area (Å²) in [5.74, 6) is 0. The molecule has 12 heteroatoms. The van der Waals surface area contributed by atoms with Gasteiger partial charge < -0.3 is 38.5 Å². The van der Waals surface area contributed by atoms with Gasteiger partial charge in [-0.25, -0.2) is 0 Å². The standard InChI is InChI=1S/Al.2H3O4P.Zr/c;2*1-5(2,3)4;/h;2*(H3,1,2,3,4);/q+3;;;+4/p-6. The van der Waals surface area contributed by atoms with Gasteiger partial charge in [0.25, 0.3) is 0 Å². The first-order chi connectivity index (χ1) is 4.00. The van der Waals surface area contributed by atoms with Crippen molar-refractivity contribution in [1.29, 1.82) is 0 Å². The maximum absolute atomic E-state index is 8.55. The average Bonchev–Trinajstić information content (AvgIpc) is 1.12. The molecule has 0 aliphatic rings. The third-order valence-electron chi connectivity index (χ3n) is 0. The molecule has 0 aromatic rings. The Morgan fingerprint density at radius 1 is 0.667 bits per heavy atom. The van der Waals surface area contributed by atoms with Gasteiger partial charge in [0.15, 0.2) is 0 Å². The molecule has 0 saturated carbocycles. The summed E-state index contributed by atoms with van der Waals surface area (Å²) in [6, 6.07) is 0. The first-order valence-corrected chi connectivity index (χ1v) is 4.38. The van der Waals surface area contributed by atoms with Crippen molar-refractivity contribution in [2.45, 2.75) is 0 Å². The van der Waals surface area contributed by atoms with E-state index in [1.165, 1.54) is 0 Å².